The summed E-state index contributed by atoms with van der Waals surface area (Å²) >= 11 is 1.83. The molecule has 0 amide bonds. The molecule has 3 heterocycles. The second-order valence-electron chi connectivity index (χ2n) is 17.3. The van der Waals surface area contributed by atoms with Gasteiger partial charge in [-0.25, -0.2) is 0 Å². The fourth-order valence-corrected chi connectivity index (χ4v) is 10.5. The van der Waals surface area contributed by atoms with Gasteiger partial charge < -0.3 is 9.55 Å². The van der Waals surface area contributed by atoms with Gasteiger partial charge in [0.1, 0.15) is 0 Å². The summed E-state index contributed by atoms with van der Waals surface area (Å²) in [6.45, 7) is 16.2. The van der Waals surface area contributed by atoms with E-state index >= 15 is 0 Å². The van der Waals surface area contributed by atoms with Crippen LogP contribution in [-0.4, -0.2) is 22.6 Å². The molecule has 3 nitrogen and oxygen atoms in total. The number of aromatic nitrogens is 3. The number of pyridine rings is 1. The van der Waals surface area contributed by atoms with E-state index in [-0.39, 0.29) is 20.1 Å². The van der Waals surface area contributed by atoms with E-state index in [0.717, 1.165) is 33.7 Å². The monoisotopic (exact) mass is 1000 g/mol. The molecule has 61 heavy (non-hydrogen) atoms. The fraction of sp³-hybridized carbons (Fsp3) is 0.164. The van der Waals surface area contributed by atoms with Crippen LogP contribution in [0.25, 0.3) is 81.4 Å². The number of thiophene rings is 1. The van der Waals surface area contributed by atoms with Crippen LogP contribution in [0.4, 0.5) is 0 Å². The number of imidazole rings is 1. The summed E-state index contributed by atoms with van der Waals surface area (Å²) in [6, 6.07) is 60.8. The molecule has 0 N–H and O–H groups in total. The molecule has 0 bridgehead atoms. The summed E-state index contributed by atoms with van der Waals surface area (Å²) in [5.74, 6) is 1.61. The second-order valence-corrected chi connectivity index (χ2v) is 23.4. The van der Waals surface area contributed by atoms with E-state index in [4.69, 9.17) is 4.98 Å². The van der Waals surface area contributed by atoms with Crippen molar-refractivity contribution in [1.29, 1.82) is 0 Å². The molecule has 305 valence electrons. The first-order valence-electron chi connectivity index (χ1n) is 21.0. The van der Waals surface area contributed by atoms with Gasteiger partial charge in [-0.3, -0.25) is 4.98 Å². The standard InChI is InChI=1S/C37H31N2S.C18H18NSi.Ir/c1-23(2)30-21-26(25-13-6-5-7-14-25)22-31(24(3)4)35(30)39-33-19-10-9-18-32(33)38-37(39)29-17-12-16-28-27-15-8-11-20-34(27)40-36(28)29;1-20(2,3)15-11-12-18(19-13-15)17-10-6-8-14-7-4-5-9-16(14)17;/h5-16,18-24H,1-4H3;4-9,11-13H,1-3H3;/q2*-1;. The Morgan fingerprint density at radius 3 is 1.95 bits per heavy atom. The van der Waals surface area contributed by atoms with E-state index in [1.54, 1.807) is 0 Å². The molecule has 0 spiro atoms. The van der Waals surface area contributed by atoms with E-state index in [9.17, 15) is 0 Å². The molecule has 0 atom stereocenters. The van der Waals surface area contributed by atoms with Crippen molar-refractivity contribution in [3.05, 3.63) is 181 Å². The van der Waals surface area contributed by atoms with E-state index in [0.29, 0.717) is 11.8 Å². The summed E-state index contributed by atoms with van der Waals surface area (Å²) < 4.78 is 4.95. The van der Waals surface area contributed by atoms with Gasteiger partial charge in [-0.1, -0.05) is 161 Å². The van der Waals surface area contributed by atoms with E-state index in [1.165, 1.54) is 64.1 Å². The van der Waals surface area contributed by atoms with Crippen molar-refractivity contribution in [1.82, 2.24) is 14.5 Å². The van der Waals surface area contributed by atoms with Gasteiger partial charge in [-0.15, -0.1) is 47.3 Å². The van der Waals surface area contributed by atoms with Crippen LogP contribution in [0.15, 0.2) is 158 Å². The van der Waals surface area contributed by atoms with E-state index < -0.39 is 8.07 Å². The topological polar surface area (TPSA) is 30.7 Å². The van der Waals surface area contributed by atoms with Crippen LogP contribution >= 0.6 is 11.3 Å². The maximum atomic E-state index is 5.30. The third-order valence-corrected chi connectivity index (χ3v) is 14.7. The van der Waals surface area contributed by atoms with E-state index in [2.05, 4.69) is 215 Å². The summed E-state index contributed by atoms with van der Waals surface area (Å²) in [5, 5.41) is 6.39. The van der Waals surface area contributed by atoms with Gasteiger partial charge in [0, 0.05) is 36.7 Å². The molecule has 0 unspecified atom stereocenters. The van der Waals surface area contributed by atoms with Crippen molar-refractivity contribution in [2.45, 2.75) is 59.2 Å². The molecule has 0 aliphatic rings. The molecule has 6 heteroatoms. The Morgan fingerprint density at radius 1 is 0.607 bits per heavy atom. The fourth-order valence-electron chi connectivity index (χ4n) is 8.25. The molecule has 0 aliphatic heterocycles. The number of hydrogen-bond donors (Lipinski definition) is 0. The van der Waals surface area contributed by atoms with Crippen LogP contribution in [0.2, 0.25) is 19.6 Å². The maximum Gasteiger partial charge on any atom is 0.0795 e. The number of fused-ring (bicyclic) bond motifs is 5. The predicted octanol–water partition coefficient (Wildman–Crippen LogP) is 15.0. The van der Waals surface area contributed by atoms with Gasteiger partial charge >= 0.3 is 0 Å². The molecule has 7 aromatic carbocycles. The zero-order chi connectivity index (χ0) is 41.5. The van der Waals surface area contributed by atoms with Gasteiger partial charge in [-0.05, 0) is 85.4 Å². The van der Waals surface area contributed by atoms with Crippen LogP contribution in [-0.2, 0) is 20.1 Å². The first kappa shape index (κ1) is 42.2. The first-order valence-corrected chi connectivity index (χ1v) is 25.3. The number of hydrogen-bond acceptors (Lipinski definition) is 3. The third-order valence-electron chi connectivity index (χ3n) is 11.5. The van der Waals surface area contributed by atoms with Crippen LogP contribution in [0, 0.1) is 12.1 Å². The van der Waals surface area contributed by atoms with Crippen molar-refractivity contribution in [2.75, 3.05) is 0 Å². The van der Waals surface area contributed by atoms with Crippen LogP contribution < -0.4 is 5.19 Å². The van der Waals surface area contributed by atoms with Crippen molar-refractivity contribution in [3.8, 4) is 39.5 Å². The summed E-state index contributed by atoms with van der Waals surface area (Å²) in [4.78, 5) is 9.97. The first-order chi connectivity index (χ1) is 29.1. The Kier molecular flexibility index (Phi) is 12.1. The molecule has 0 aliphatic carbocycles. The molecule has 1 radical (unpaired) electrons. The van der Waals surface area contributed by atoms with Gasteiger partial charge in [0.15, 0.2) is 0 Å². The third kappa shape index (κ3) is 8.18. The SMILES string of the molecule is CC(C)c1cc(-c2ccccc2)cc(C(C)C)c1-n1c(-c2[c-]ccc3c2sc2ccccc23)nc2ccccc21.C[Si](C)(C)c1ccc(-c2[c-]ccc3ccccc23)nc1.[Ir]. The molecule has 0 fully saturated rings. The van der Waals surface area contributed by atoms with Gasteiger partial charge in [0.25, 0.3) is 0 Å². The zero-order valence-corrected chi connectivity index (χ0v) is 40.0. The minimum atomic E-state index is -1.28. The van der Waals surface area contributed by atoms with Crippen LogP contribution in [0.5, 0.6) is 0 Å². The van der Waals surface area contributed by atoms with Gasteiger partial charge in [0.05, 0.1) is 24.9 Å². The summed E-state index contributed by atoms with van der Waals surface area (Å²) in [5.41, 5.74) is 11.7. The van der Waals surface area contributed by atoms with Crippen molar-refractivity contribution in [2.24, 2.45) is 0 Å². The van der Waals surface area contributed by atoms with Crippen molar-refractivity contribution < 1.29 is 20.1 Å². The summed E-state index contributed by atoms with van der Waals surface area (Å²) in [6.07, 6.45) is 2.04. The summed E-state index contributed by atoms with van der Waals surface area (Å²) in [7, 11) is -1.28. The minimum absolute atomic E-state index is 0. The molecular formula is C55H49IrN3SSi-2. The molecule has 10 aromatic rings. The zero-order valence-electron chi connectivity index (χ0n) is 35.7. The molecule has 0 saturated heterocycles. The van der Waals surface area contributed by atoms with Crippen LogP contribution in [0.3, 0.4) is 0 Å². The Hall–Kier alpha value is -5.49. The average Bonchev–Trinajstić information content (AvgIpc) is 3.85. The molecule has 3 aromatic heterocycles. The molecular weight excluding hydrogens is 955 g/mol. The van der Waals surface area contributed by atoms with Crippen molar-refractivity contribution in [3.63, 3.8) is 0 Å². The van der Waals surface area contributed by atoms with Crippen LogP contribution in [0.1, 0.15) is 50.7 Å². The van der Waals surface area contributed by atoms with Crippen molar-refractivity contribution >= 4 is 66.6 Å². The Bertz CT molecular complexity index is 3100. The number of rotatable bonds is 7. The average molecular weight is 1000 g/mol. The normalized spacial score (nSPS) is 11.7. The molecule has 0 saturated carbocycles. The number of para-hydroxylation sites is 2. The second kappa shape index (κ2) is 17.5. The predicted molar refractivity (Wildman–Crippen MR) is 261 cm³/mol. The van der Waals surface area contributed by atoms with E-state index in [1.807, 2.05) is 23.6 Å². The van der Waals surface area contributed by atoms with Gasteiger partial charge in [-0.2, -0.15) is 11.3 Å². The number of nitrogens with zero attached hydrogens (tertiary/aromatic N) is 3. The Labute approximate surface area is 378 Å². The quantitative estimate of drug-likeness (QED) is 0.118. The smallest absolute Gasteiger partial charge is 0.0795 e. The minimum Gasteiger partial charge on any atom is -0.333 e. The Balaban J connectivity index is 0.000000206. The largest absolute Gasteiger partial charge is 0.333 e. The van der Waals surface area contributed by atoms with Gasteiger partial charge in [0.2, 0.25) is 0 Å². The number of benzene rings is 7. The maximum absolute atomic E-state index is 5.30. The molecule has 10 rings (SSSR count). The Morgan fingerprint density at radius 2 is 1.25 bits per heavy atom.